The highest BCUT2D eigenvalue weighted by Crippen LogP contribution is 2.38. The zero-order valence-electron chi connectivity index (χ0n) is 16.1. The Morgan fingerprint density at radius 2 is 1.88 bits per heavy atom. The van der Waals surface area contributed by atoms with Gasteiger partial charge in [0.05, 0.1) is 24.7 Å². The molecule has 0 aliphatic carbocycles. The van der Waals surface area contributed by atoms with Gasteiger partial charge in [-0.05, 0) is 40.5 Å². The highest BCUT2D eigenvalue weighted by molar-refractivity contribution is 5.69. The van der Waals surface area contributed by atoms with Gasteiger partial charge in [-0.25, -0.2) is 9.78 Å². The van der Waals surface area contributed by atoms with Crippen LogP contribution in [-0.2, 0) is 16.1 Å². The van der Waals surface area contributed by atoms with Crippen LogP contribution < -0.4 is 4.74 Å². The summed E-state index contributed by atoms with van der Waals surface area (Å²) < 4.78 is 16.9. The first-order valence-corrected chi connectivity index (χ1v) is 9.42. The fourth-order valence-electron chi connectivity index (χ4n) is 3.69. The van der Waals surface area contributed by atoms with Crippen molar-refractivity contribution in [3.63, 3.8) is 0 Å². The maximum Gasteiger partial charge on any atom is 0.410 e. The van der Waals surface area contributed by atoms with Crippen LogP contribution in [0.4, 0.5) is 4.79 Å². The summed E-state index contributed by atoms with van der Waals surface area (Å²) in [5, 5.41) is 0. The lowest BCUT2D eigenvalue weighted by molar-refractivity contribution is -0.00766. The van der Waals surface area contributed by atoms with Gasteiger partial charge in [0.15, 0.2) is 0 Å². The van der Waals surface area contributed by atoms with E-state index in [4.69, 9.17) is 14.2 Å². The molecule has 2 aliphatic heterocycles. The minimum absolute atomic E-state index is 0.0539. The van der Waals surface area contributed by atoms with Gasteiger partial charge >= 0.3 is 6.09 Å². The van der Waals surface area contributed by atoms with Crippen molar-refractivity contribution in [3.05, 3.63) is 18.1 Å². The molecule has 2 fully saturated rings. The molecule has 1 aromatic heterocycles. The predicted octanol–water partition coefficient (Wildman–Crippen LogP) is 3.32. The summed E-state index contributed by atoms with van der Waals surface area (Å²) in [6.45, 7) is 8.76. The number of fused-ring (bicyclic) bond motifs is 2. The topological polar surface area (TPSA) is 73.8 Å². The lowest BCUT2D eigenvalue weighted by Crippen LogP contribution is -2.50. The first kappa shape index (κ1) is 18.9. The molecule has 144 valence electrons. The molecule has 7 nitrogen and oxygen atoms in total. The highest BCUT2D eigenvalue weighted by atomic mass is 16.6. The maximum absolute atomic E-state index is 12.5. The van der Waals surface area contributed by atoms with E-state index < -0.39 is 5.60 Å². The predicted molar refractivity (Wildman–Crippen MR) is 95.9 cm³/mol. The number of hydrogen-bond acceptors (Lipinski definition) is 6. The van der Waals surface area contributed by atoms with Crippen LogP contribution in [0.1, 0.15) is 59.1 Å². The Bertz CT molecular complexity index is 600. The molecular formula is C19H29N3O4. The van der Waals surface area contributed by atoms with Crippen molar-refractivity contribution in [1.82, 2.24) is 14.9 Å². The molecule has 0 radical (unpaired) electrons. The average Bonchev–Trinajstić information content (AvgIpc) is 2.84. The molecule has 0 N–H and O–H groups in total. The minimum atomic E-state index is -0.470. The summed E-state index contributed by atoms with van der Waals surface area (Å²) in [7, 11) is 0. The molecule has 2 aliphatic rings. The van der Waals surface area contributed by atoms with Crippen LogP contribution in [0.2, 0.25) is 0 Å². The molecule has 0 unspecified atom stereocenters. The quantitative estimate of drug-likeness (QED) is 0.799. The first-order chi connectivity index (χ1) is 12.4. The maximum atomic E-state index is 12.5. The van der Waals surface area contributed by atoms with Crippen molar-refractivity contribution in [2.45, 2.75) is 83.8 Å². The number of carbonyl (C=O) groups excluding carboxylic acids is 1. The Balaban J connectivity index is 1.56. The van der Waals surface area contributed by atoms with Crippen LogP contribution in [0.5, 0.6) is 5.88 Å². The normalized spacial score (nSPS) is 25.2. The van der Waals surface area contributed by atoms with E-state index in [1.165, 1.54) is 0 Å². The van der Waals surface area contributed by atoms with Gasteiger partial charge in [0.25, 0.3) is 0 Å². The SMILES string of the molecule is CCOCc1cnc(O[C@H]2C[C@H]3CC[C@@H](C2)N3C(=O)OC(C)(C)C)cn1. The van der Waals surface area contributed by atoms with Gasteiger partial charge in [-0.15, -0.1) is 0 Å². The summed E-state index contributed by atoms with van der Waals surface area (Å²) in [6, 6.07) is 0.359. The van der Waals surface area contributed by atoms with Crippen molar-refractivity contribution in [2.75, 3.05) is 6.61 Å². The van der Waals surface area contributed by atoms with Gasteiger partial charge in [-0.3, -0.25) is 4.98 Å². The molecule has 0 spiro atoms. The zero-order valence-corrected chi connectivity index (χ0v) is 16.1. The third-order valence-corrected chi connectivity index (χ3v) is 4.72. The van der Waals surface area contributed by atoms with Gasteiger partial charge in [0, 0.05) is 31.5 Å². The number of ether oxygens (including phenoxy) is 3. The number of aromatic nitrogens is 2. The van der Waals surface area contributed by atoms with Crippen molar-refractivity contribution in [1.29, 1.82) is 0 Å². The molecule has 0 aromatic carbocycles. The van der Waals surface area contributed by atoms with E-state index in [9.17, 15) is 4.79 Å². The molecule has 0 saturated carbocycles. The van der Waals surface area contributed by atoms with E-state index in [2.05, 4.69) is 9.97 Å². The van der Waals surface area contributed by atoms with E-state index in [0.717, 1.165) is 31.4 Å². The lowest BCUT2D eigenvalue weighted by Gasteiger charge is -2.39. The van der Waals surface area contributed by atoms with E-state index >= 15 is 0 Å². The van der Waals surface area contributed by atoms with Crippen molar-refractivity contribution in [3.8, 4) is 5.88 Å². The third-order valence-electron chi connectivity index (χ3n) is 4.72. The fourth-order valence-corrected chi connectivity index (χ4v) is 3.69. The van der Waals surface area contributed by atoms with E-state index in [0.29, 0.717) is 19.1 Å². The van der Waals surface area contributed by atoms with Gasteiger partial charge < -0.3 is 19.1 Å². The van der Waals surface area contributed by atoms with Gasteiger partial charge in [-0.1, -0.05) is 0 Å². The molecule has 1 amide bonds. The summed E-state index contributed by atoms with van der Waals surface area (Å²) in [6.07, 6.45) is 6.80. The molecule has 2 bridgehead atoms. The Morgan fingerprint density at radius 1 is 1.19 bits per heavy atom. The van der Waals surface area contributed by atoms with Crippen LogP contribution in [0.25, 0.3) is 0 Å². The molecule has 2 saturated heterocycles. The van der Waals surface area contributed by atoms with E-state index in [-0.39, 0.29) is 24.3 Å². The minimum Gasteiger partial charge on any atom is -0.473 e. The number of amides is 1. The second-order valence-electron chi connectivity index (χ2n) is 7.97. The number of carbonyl (C=O) groups is 1. The molecule has 26 heavy (non-hydrogen) atoms. The Hall–Kier alpha value is -1.89. The molecule has 3 rings (SSSR count). The number of rotatable bonds is 5. The monoisotopic (exact) mass is 363 g/mol. The van der Waals surface area contributed by atoms with E-state index in [1.54, 1.807) is 12.4 Å². The van der Waals surface area contributed by atoms with Crippen LogP contribution in [0, 0.1) is 0 Å². The molecular weight excluding hydrogens is 334 g/mol. The second kappa shape index (κ2) is 7.78. The Kier molecular flexibility index (Phi) is 5.65. The second-order valence-corrected chi connectivity index (χ2v) is 7.97. The number of piperidine rings is 1. The van der Waals surface area contributed by atoms with Crippen LogP contribution in [0.15, 0.2) is 12.4 Å². The molecule has 3 heterocycles. The standard InChI is InChI=1S/C19H29N3O4/c1-5-24-12-13-10-21-17(11-20-13)25-16-8-14-6-7-15(9-16)22(14)18(23)26-19(2,3)4/h10-11,14-16H,5-9,12H2,1-4H3/t14-,15+,16+. The zero-order chi connectivity index (χ0) is 18.7. The average molecular weight is 363 g/mol. The lowest BCUT2D eigenvalue weighted by atomic mass is 10.0. The van der Waals surface area contributed by atoms with Crippen molar-refractivity contribution >= 4 is 6.09 Å². The Labute approximate surface area is 155 Å². The highest BCUT2D eigenvalue weighted by Gasteiger charge is 2.45. The molecule has 3 atom stereocenters. The smallest absolute Gasteiger partial charge is 0.410 e. The van der Waals surface area contributed by atoms with E-state index in [1.807, 2.05) is 32.6 Å². The molecule has 7 heteroatoms. The van der Waals surface area contributed by atoms with Gasteiger partial charge in [0.1, 0.15) is 11.7 Å². The summed E-state index contributed by atoms with van der Waals surface area (Å²) in [5.41, 5.74) is 0.321. The summed E-state index contributed by atoms with van der Waals surface area (Å²) in [5.74, 6) is 0.528. The largest absolute Gasteiger partial charge is 0.473 e. The van der Waals surface area contributed by atoms with Gasteiger partial charge in [-0.2, -0.15) is 0 Å². The summed E-state index contributed by atoms with van der Waals surface area (Å²) in [4.78, 5) is 23.1. The van der Waals surface area contributed by atoms with Crippen LogP contribution >= 0.6 is 0 Å². The third kappa shape index (κ3) is 4.63. The number of hydrogen-bond donors (Lipinski definition) is 0. The van der Waals surface area contributed by atoms with Gasteiger partial charge in [0.2, 0.25) is 5.88 Å². The number of nitrogens with zero attached hydrogens (tertiary/aromatic N) is 3. The van der Waals surface area contributed by atoms with Crippen molar-refractivity contribution < 1.29 is 19.0 Å². The first-order valence-electron chi connectivity index (χ1n) is 9.42. The van der Waals surface area contributed by atoms with Crippen LogP contribution in [0.3, 0.4) is 0 Å². The fraction of sp³-hybridized carbons (Fsp3) is 0.737. The summed E-state index contributed by atoms with van der Waals surface area (Å²) >= 11 is 0. The Morgan fingerprint density at radius 3 is 2.42 bits per heavy atom. The van der Waals surface area contributed by atoms with Crippen molar-refractivity contribution in [2.24, 2.45) is 0 Å². The van der Waals surface area contributed by atoms with Crippen LogP contribution in [-0.4, -0.2) is 51.4 Å². The molecule has 1 aromatic rings.